The third-order valence-corrected chi connectivity index (χ3v) is 3.01. The van der Waals surface area contributed by atoms with Gasteiger partial charge in [-0.1, -0.05) is 66.2 Å². The van der Waals surface area contributed by atoms with E-state index in [1.807, 2.05) is 66.7 Å². The molecule has 0 amide bonds. The van der Waals surface area contributed by atoms with Gasteiger partial charge in [-0.25, -0.2) is 0 Å². The van der Waals surface area contributed by atoms with Crippen LogP contribution in [0.25, 0.3) is 6.08 Å². The van der Waals surface area contributed by atoms with Crippen LogP contribution in [0.5, 0.6) is 0 Å². The molecule has 4 N–H and O–H groups in total. The van der Waals surface area contributed by atoms with E-state index in [0.717, 1.165) is 11.1 Å². The third kappa shape index (κ3) is 4.47. The first-order valence-corrected chi connectivity index (χ1v) is 6.69. The molecule has 2 aromatic carbocycles. The molecule has 0 spiro atoms. The molecule has 5 heteroatoms. The van der Waals surface area contributed by atoms with Gasteiger partial charge in [0.2, 0.25) is 5.96 Å². The number of allylic oxidation sites excluding steroid dienone is 1. The Bertz CT molecular complexity index is 686. The van der Waals surface area contributed by atoms with Crippen LogP contribution in [0.4, 0.5) is 0 Å². The summed E-state index contributed by atoms with van der Waals surface area (Å²) in [6.45, 7) is 0. The van der Waals surface area contributed by atoms with Crippen LogP contribution in [-0.4, -0.2) is 11.7 Å². The molecule has 0 fully saturated rings. The summed E-state index contributed by atoms with van der Waals surface area (Å²) >= 11 is 6.12. The van der Waals surface area contributed by atoms with Crippen molar-refractivity contribution in [2.45, 2.75) is 0 Å². The highest BCUT2D eigenvalue weighted by molar-refractivity contribution is 6.32. The molecule has 0 heterocycles. The predicted octanol–water partition coefficient (Wildman–Crippen LogP) is 3.03. The van der Waals surface area contributed by atoms with Gasteiger partial charge in [-0.05, 0) is 17.7 Å². The monoisotopic (exact) mass is 298 g/mol. The molecular formula is C16H15ClN4. The molecule has 0 saturated heterocycles. The molecule has 0 aliphatic carbocycles. The van der Waals surface area contributed by atoms with Crippen LogP contribution in [-0.2, 0) is 0 Å². The van der Waals surface area contributed by atoms with E-state index < -0.39 is 0 Å². The molecule has 0 atom stereocenters. The average Bonchev–Trinajstić information content (AvgIpc) is 2.49. The first-order chi connectivity index (χ1) is 10.2. The van der Waals surface area contributed by atoms with E-state index in [9.17, 15) is 0 Å². The van der Waals surface area contributed by atoms with Crippen molar-refractivity contribution in [2.75, 3.05) is 0 Å². The first-order valence-electron chi connectivity index (χ1n) is 6.31. The van der Waals surface area contributed by atoms with Crippen molar-refractivity contribution in [3.63, 3.8) is 0 Å². The molecule has 0 saturated carbocycles. The van der Waals surface area contributed by atoms with Crippen molar-refractivity contribution >= 4 is 29.3 Å². The summed E-state index contributed by atoms with van der Waals surface area (Å²) in [5.41, 5.74) is 13.1. The quantitative estimate of drug-likeness (QED) is 0.517. The van der Waals surface area contributed by atoms with Crippen LogP contribution in [0.3, 0.4) is 0 Å². The van der Waals surface area contributed by atoms with Crippen LogP contribution >= 0.6 is 11.6 Å². The fraction of sp³-hybridized carbons (Fsp3) is 0. The van der Waals surface area contributed by atoms with Crippen molar-refractivity contribution in [3.05, 3.63) is 76.8 Å². The molecule has 2 rings (SSSR count). The van der Waals surface area contributed by atoms with Gasteiger partial charge in [-0.3, -0.25) is 0 Å². The highest BCUT2D eigenvalue weighted by Crippen LogP contribution is 2.17. The number of hydrogen-bond donors (Lipinski definition) is 2. The zero-order valence-corrected chi connectivity index (χ0v) is 12.0. The lowest BCUT2D eigenvalue weighted by molar-refractivity contribution is 1.20. The van der Waals surface area contributed by atoms with Crippen LogP contribution in [0, 0.1) is 0 Å². The zero-order chi connectivity index (χ0) is 15.1. The van der Waals surface area contributed by atoms with Gasteiger partial charge in [-0.15, -0.1) is 10.2 Å². The second kappa shape index (κ2) is 7.26. The molecule has 0 unspecified atom stereocenters. The smallest absolute Gasteiger partial charge is 0.211 e. The normalized spacial score (nSPS) is 11.6. The zero-order valence-electron chi connectivity index (χ0n) is 11.3. The van der Waals surface area contributed by atoms with Crippen LogP contribution in [0.1, 0.15) is 11.1 Å². The number of halogens is 1. The molecule has 106 valence electrons. The minimum atomic E-state index is -0.0884. The van der Waals surface area contributed by atoms with E-state index >= 15 is 0 Å². The fourth-order valence-corrected chi connectivity index (χ4v) is 1.89. The van der Waals surface area contributed by atoms with E-state index in [4.69, 9.17) is 23.1 Å². The minimum Gasteiger partial charge on any atom is -0.369 e. The van der Waals surface area contributed by atoms with Crippen LogP contribution < -0.4 is 11.5 Å². The summed E-state index contributed by atoms with van der Waals surface area (Å²) in [5.74, 6) is -0.0884. The number of guanidine groups is 1. The first kappa shape index (κ1) is 14.8. The van der Waals surface area contributed by atoms with E-state index in [2.05, 4.69) is 10.2 Å². The topological polar surface area (TPSA) is 76.8 Å². The molecule has 2 aromatic rings. The number of rotatable bonds is 4. The van der Waals surface area contributed by atoms with Gasteiger partial charge >= 0.3 is 0 Å². The summed E-state index contributed by atoms with van der Waals surface area (Å²) in [4.78, 5) is 0. The summed E-state index contributed by atoms with van der Waals surface area (Å²) < 4.78 is 0. The lowest BCUT2D eigenvalue weighted by Gasteiger charge is -2.01. The Balaban J connectivity index is 2.36. The van der Waals surface area contributed by atoms with Crippen molar-refractivity contribution < 1.29 is 0 Å². The van der Waals surface area contributed by atoms with Crippen molar-refractivity contribution in [3.8, 4) is 0 Å². The lowest BCUT2D eigenvalue weighted by Crippen LogP contribution is -2.22. The van der Waals surface area contributed by atoms with E-state index in [-0.39, 0.29) is 5.96 Å². The summed E-state index contributed by atoms with van der Waals surface area (Å²) in [6.07, 6.45) is 3.69. The number of nitrogens with two attached hydrogens (primary N) is 2. The van der Waals surface area contributed by atoms with E-state index in [1.54, 1.807) is 0 Å². The Labute approximate surface area is 128 Å². The highest BCUT2D eigenvalue weighted by atomic mass is 35.5. The second-order valence-corrected chi connectivity index (χ2v) is 4.64. The van der Waals surface area contributed by atoms with Gasteiger partial charge in [0.25, 0.3) is 0 Å². The second-order valence-electron chi connectivity index (χ2n) is 4.23. The summed E-state index contributed by atoms with van der Waals surface area (Å²) in [6, 6.07) is 17.2. The van der Waals surface area contributed by atoms with Crippen molar-refractivity contribution in [1.29, 1.82) is 0 Å². The van der Waals surface area contributed by atoms with Gasteiger partial charge in [-0.2, -0.15) is 0 Å². The van der Waals surface area contributed by atoms with Crippen LogP contribution in [0.2, 0.25) is 5.02 Å². The molecule has 0 radical (unpaired) electrons. The number of hydrogen-bond acceptors (Lipinski definition) is 2. The Morgan fingerprint density at radius 2 is 1.57 bits per heavy atom. The molecule has 4 nitrogen and oxygen atoms in total. The minimum absolute atomic E-state index is 0.0884. The average molecular weight is 299 g/mol. The molecule has 0 bridgehead atoms. The molecule has 21 heavy (non-hydrogen) atoms. The Kier molecular flexibility index (Phi) is 5.12. The van der Waals surface area contributed by atoms with Gasteiger partial charge in [0.1, 0.15) is 0 Å². The van der Waals surface area contributed by atoms with Gasteiger partial charge in [0.05, 0.1) is 5.71 Å². The van der Waals surface area contributed by atoms with Gasteiger partial charge in [0, 0.05) is 10.6 Å². The highest BCUT2D eigenvalue weighted by Gasteiger charge is 2.00. The Hall–Kier alpha value is -2.59. The molecule has 0 aromatic heterocycles. The Morgan fingerprint density at radius 3 is 2.24 bits per heavy atom. The van der Waals surface area contributed by atoms with E-state index in [1.165, 1.54) is 0 Å². The predicted molar refractivity (Wildman–Crippen MR) is 89.3 cm³/mol. The molecule has 0 aliphatic heterocycles. The number of benzene rings is 2. The molecule has 0 aliphatic rings. The van der Waals surface area contributed by atoms with E-state index in [0.29, 0.717) is 10.7 Å². The maximum absolute atomic E-state index is 6.12. The molecular weight excluding hydrogens is 284 g/mol. The third-order valence-electron chi connectivity index (χ3n) is 2.67. The summed E-state index contributed by atoms with van der Waals surface area (Å²) in [7, 11) is 0. The summed E-state index contributed by atoms with van der Waals surface area (Å²) in [5, 5.41) is 8.44. The van der Waals surface area contributed by atoms with Gasteiger partial charge in [0.15, 0.2) is 0 Å². The Morgan fingerprint density at radius 1 is 0.905 bits per heavy atom. The van der Waals surface area contributed by atoms with Crippen molar-refractivity contribution in [1.82, 2.24) is 0 Å². The van der Waals surface area contributed by atoms with Crippen LogP contribution in [0.15, 0.2) is 70.9 Å². The SMILES string of the molecule is NC(N)=N/N=C(/C=C/c1ccccc1Cl)c1ccccc1. The maximum atomic E-state index is 6.12. The maximum Gasteiger partial charge on any atom is 0.211 e. The standard InChI is InChI=1S/C16H15ClN4/c17-14-9-5-4-6-12(14)10-11-15(20-21-16(18)19)13-7-2-1-3-8-13/h1-11H,(H4,18,19,21)/b11-10+,20-15-. The largest absolute Gasteiger partial charge is 0.369 e. The number of nitrogens with zero attached hydrogens (tertiary/aromatic N) is 2. The van der Waals surface area contributed by atoms with Crippen molar-refractivity contribution in [2.24, 2.45) is 21.7 Å². The fourth-order valence-electron chi connectivity index (χ4n) is 1.69. The van der Waals surface area contributed by atoms with Gasteiger partial charge < -0.3 is 11.5 Å². The lowest BCUT2D eigenvalue weighted by atomic mass is 10.1.